The van der Waals surface area contributed by atoms with E-state index in [1.165, 1.54) is 12.8 Å². The van der Waals surface area contributed by atoms with Crippen LogP contribution in [0.1, 0.15) is 30.1 Å². The van der Waals surface area contributed by atoms with E-state index >= 15 is 0 Å². The molecule has 1 aromatic heterocycles. The molecule has 4 rings (SSSR count). The quantitative estimate of drug-likeness (QED) is 0.917. The summed E-state index contributed by atoms with van der Waals surface area (Å²) >= 11 is 0. The van der Waals surface area contributed by atoms with Crippen molar-refractivity contribution in [2.45, 2.75) is 19.8 Å². The number of fused-ring (bicyclic) bond motifs is 1. The Morgan fingerprint density at radius 2 is 2.19 bits per heavy atom. The van der Waals surface area contributed by atoms with Crippen molar-refractivity contribution >= 4 is 5.91 Å². The zero-order valence-electron chi connectivity index (χ0n) is 12.3. The van der Waals surface area contributed by atoms with Gasteiger partial charge in [0.25, 0.3) is 5.91 Å². The number of likely N-dealkylation sites (tertiary alicyclic amines) is 1. The van der Waals surface area contributed by atoms with Gasteiger partial charge in [-0.25, -0.2) is 0 Å². The molecule has 2 atom stereocenters. The number of nitrogens with one attached hydrogen (secondary N) is 1. The number of hydrogen-bond acceptors (Lipinski definition) is 1. The number of hydrogen-bond donors (Lipinski definition) is 1. The van der Waals surface area contributed by atoms with Crippen LogP contribution in [0.5, 0.6) is 0 Å². The summed E-state index contributed by atoms with van der Waals surface area (Å²) in [6.07, 6.45) is 4.35. The lowest BCUT2D eigenvalue weighted by Crippen LogP contribution is -2.31. The van der Waals surface area contributed by atoms with Crippen molar-refractivity contribution in [3.63, 3.8) is 0 Å². The molecule has 2 heterocycles. The van der Waals surface area contributed by atoms with Crippen LogP contribution in [0.2, 0.25) is 0 Å². The van der Waals surface area contributed by atoms with Gasteiger partial charge < -0.3 is 9.88 Å². The van der Waals surface area contributed by atoms with Gasteiger partial charge in [-0.05, 0) is 35.8 Å². The van der Waals surface area contributed by atoms with E-state index in [2.05, 4.69) is 24.0 Å². The molecule has 1 saturated carbocycles. The van der Waals surface area contributed by atoms with Crippen molar-refractivity contribution in [2.75, 3.05) is 13.1 Å². The smallest absolute Gasteiger partial charge is 0.255 e. The van der Waals surface area contributed by atoms with Crippen molar-refractivity contribution in [1.29, 1.82) is 0 Å². The number of H-pyrrole nitrogens is 1. The van der Waals surface area contributed by atoms with Crippen LogP contribution in [0.15, 0.2) is 42.6 Å². The summed E-state index contributed by atoms with van der Waals surface area (Å²) in [5, 5.41) is 0. The van der Waals surface area contributed by atoms with Gasteiger partial charge in [-0.3, -0.25) is 4.79 Å². The molecule has 3 nitrogen and oxygen atoms in total. The third-order valence-electron chi connectivity index (χ3n) is 5.31. The van der Waals surface area contributed by atoms with Gasteiger partial charge in [-0.15, -0.1) is 0 Å². The molecule has 0 radical (unpaired) electrons. The summed E-state index contributed by atoms with van der Waals surface area (Å²) in [7, 11) is 0. The van der Waals surface area contributed by atoms with Gasteiger partial charge in [0.15, 0.2) is 0 Å². The van der Waals surface area contributed by atoms with Gasteiger partial charge in [0.05, 0.1) is 5.56 Å². The van der Waals surface area contributed by atoms with Gasteiger partial charge >= 0.3 is 0 Å². The Morgan fingerprint density at radius 1 is 1.38 bits per heavy atom. The molecule has 1 aromatic carbocycles. The lowest BCUT2D eigenvalue weighted by Gasteiger charge is -2.19. The Bertz CT molecular complexity index is 672. The monoisotopic (exact) mass is 280 g/mol. The van der Waals surface area contributed by atoms with Crippen LogP contribution in [-0.2, 0) is 0 Å². The topological polar surface area (TPSA) is 36.1 Å². The predicted octanol–water partition coefficient (Wildman–Crippen LogP) is 3.55. The maximum absolute atomic E-state index is 12.6. The number of nitrogens with zero attached hydrogens (tertiary/aromatic N) is 1. The maximum atomic E-state index is 12.6. The number of carbonyl (C=O) groups is 1. The Kier molecular flexibility index (Phi) is 2.71. The summed E-state index contributed by atoms with van der Waals surface area (Å²) in [5.74, 6) is 0.924. The number of aromatic nitrogens is 1. The molecule has 108 valence electrons. The molecule has 1 aliphatic heterocycles. The molecular weight excluding hydrogens is 260 g/mol. The van der Waals surface area contributed by atoms with Crippen LogP contribution >= 0.6 is 0 Å². The molecule has 1 amide bonds. The zero-order valence-corrected chi connectivity index (χ0v) is 12.3. The highest BCUT2D eigenvalue weighted by molar-refractivity contribution is 5.95. The molecular formula is C18H20N2O. The molecule has 2 fully saturated rings. The second kappa shape index (κ2) is 4.48. The molecule has 1 saturated heterocycles. The van der Waals surface area contributed by atoms with Crippen LogP contribution < -0.4 is 0 Å². The number of carbonyl (C=O) groups excluding carboxylic acids is 1. The zero-order chi connectivity index (χ0) is 14.4. The third-order valence-corrected chi connectivity index (χ3v) is 5.31. The second-order valence-corrected chi connectivity index (χ2v) is 6.47. The molecule has 1 N–H and O–H groups in total. The van der Waals surface area contributed by atoms with Crippen molar-refractivity contribution in [3.05, 3.63) is 48.2 Å². The van der Waals surface area contributed by atoms with Gasteiger partial charge in [-0.2, -0.15) is 0 Å². The van der Waals surface area contributed by atoms with Gasteiger partial charge in [0.1, 0.15) is 0 Å². The van der Waals surface area contributed by atoms with E-state index < -0.39 is 0 Å². The first-order valence-corrected chi connectivity index (χ1v) is 7.75. The normalized spacial score (nSPS) is 26.7. The fourth-order valence-electron chi connectivity index (χ4n) is 3.78. The van der Waals surface area contributed by atoms with Crippen LogP contribution in [0, 0.1) is 11.3 Å². The lowest BCUT2D eigenvalue weighted by atomic mass is 10.0. The summed E-state index contributed by atoms with van der Waals surface area (Å²) in [6.45, 7) is 4.13. The standard InChI is InChI=1S/C18H20N2O/c1-2-18-9-15(18)11-20(12-18)17(21)14-8-16(19-10-14)13-6-4-3-5-7-13/h3-8,10,15,19H,2,9,11-12H2,1H3/t15-,18+/m0/s1. The Labute approximate surface area is 125 Å². The SMILES string of the molecule is CC[C@]12C[C@H]1CN(C(=O)c1c[nH]c(-c3ccccc3)c1)C2. The number of aromatic amines is 1. The van der Waals surface area contributed by atoms with Crippen LogP contribution in [-0.4, -0.2) is 28.9 Å². The molecule has 3 heteroatoms. The summed E-state index contributed by atoms with van der Waals surface area (Å²) < 4.78 is 0. The first-order chi connectivity index (χ1) is 10.2. The van der Waals surface area contributed by atoms with Crippen LogP contribution in [0.4, 0.5) is 0 Å². The van der Waals surface area contributed by atoms with Crippen LogP contribution in [0.3, 0.4) is 0 Å². The van der Waals surface area contributed by atoms with E-state index in [0.29, 0.717) is 5.41 Å². The Morgan fingerprint density at radius 3 is 2.90 bits per heavy atom. The maximum Gasteiger partial charge on any atom is 0.255 e. The largest absolute Gasteiger partial charge is 0.360 e. The van der Waals surface area contributed by atoms with E-state index in [9.17, 15) is 4.79 Å². The minimum atomic E-state index is 0.174. The minimum absolute atomic E-state index is 0.174. The van der Waals surface area contributed by atoms with E-state index in [0.717, 1.165) is 35.8 Å². The first-order valence-electron chi connectivity index (χ1n) is 7.75. The third kappa shape index (κ3) is 1.99. The average Bonchev–Trinajstić information content (AvgIpc) is 2.93. The fraction of sp³-hybridized carbons (Fsp3) is 0.389. The van der Waals surface area contributed by atoms with Crippen molar-refractivity contribution < 1.29 is 4.79 Å². The highest BCUT2D eigenvalue weighted by atomic mass is 16.2. The van der Waals surface area contributed by atoms with E-state index in [1.54, 1.807) is 0 Å². The summed E-state index contributed by atoms with van der Waals surface area (Å²) in [4.78, 5) is 17.9. The van der Waals surface area contributed by atoms with E-state index in [-0.39, 0.29) is 5.91 Å². The first kappa shape index (κ1) is 12.7. The number of piperidine rings is 1. The number of benzene rings is 1. The Balaban J connectivity index is 1.53. The highest BCUT2D eigenvalue weighted by Gasteiger charge is 2.59. The molecule has 1 aliphatic carbocycles. The molecule has 0 spiro atoms. The fourth-order valence-corrected chi connectivity index (χ4v) is 3.78. The minimum Gasteiger partial charge on any atom is -0.360 e. The lowest BCUT2D eigenvalue weighted by molar-refractivity contribution is 0.0764. The highest BCUT2D eigenvalue weighted by Crippen LogP contribution is 2.60. The van der Waals surface area contributed by atoms with Crippen LogP contribution in [0.25, 0.3) is 11.3 Å². The van der Waals surface area contributed by atoms with Crippen molar-refractivity contribution in [2.24, 2.45) is 11.3 Å². The second-order valence-electron chi connectivity index (χ2n) is 6.47. The van der Waals surface area contributed by atoms with Crippen molar-refractivity contribution in [3.8, 4) is 11.3 Å². The van der Waals surface area contributed by atoms with Gasteiger partial charge in [-0.1, -0.05) is 37.3 Å². The summed E-state index contributed by atoms with van der Waals surface area (Å²) in [6, 6.07) is 12.1. The molecule has 0 bridgehead atoms. The molecule has 21 heavy (non-hydrogen) atoms. The van der Waals surface area contributed by atoms with Gasteiger partial charge in [0, 0.05) is 25.0 Å². The average molecular weight is 280 g/mol. The predicted molar refractivity (Wildman–Crippen MR) is 83.0 cm³/mol. The summed E-state index contributed by atoms with van der Waals surface area (Å²) in [5.41, 5.74) is 3.36. The molecule has 0 unspecified atom stereocenters. The van der Waals surface area contributed by atoms with E-state index in [4.69, 9.17) is 0 Å². The van der Waals surface area contributed by atoms with Crippen molar-refractivity contribution in [1.82, 2.24) is 9.88 Å². The van der Waals surface area contributed by atoms with E-state index in [1.807, 2.05) is 35.4 Å². The molecule has 2 aliphatic rings. The molecule has 2 aromatic rings. The van der Waals surface area contributed by atoms with Gasteiger partial charge in [0.2, 0.25) is 0 Å². The number of amides is 1. The Hall–Kier alpha value is -2.03. The number of rotatable bonds is 3.